The predicted octanol–water partition coefficient (Wildman–Crippen LogP) is 3.13. The molecule has 7 heteroatoms. The number of rotatable bonds is 12. The van der Waals surface area contributed by atoms with Gasteiger partial charge < -0.3 is 24.8 Å². The van der Waals surface area contributed by atoms with E-state index in [0.29, 0.717) is 17.6 Å². The molecule has 3 N–H and O–H groups in total. The summed E-state index contributed by atoms with van der Waals surface area (Å²) in [5.41, 5.74) is 2.23. The molecule has 3 rings (SSSR count). The number of fused-ring (bicyclic) bond motifs is 2. The molecular formula is C25H36O7. The lowest BCUT2D eigenvalue weighted by molar-refractivity contribution is -0.156. The largest absolute Gasteiger partial charge is 0.482 e. The van der Waals surface area contributed by atoms with E-state index >= 15 is 0 Å². The zero-order chi connectivity index (χ0) is 23.1. The number of ether oxygens (including phenoxy) is 2. The third-order valence-corrected chi connectivity index (χ3v) is 7.02. The highest BCUT2D eigenvalue weighted by molar-refractivity contribution is 5.76. The highest BCUT2D eigenvalue weighted by Crippen LogP contribution is 2.48. The molecule has 1 aromatic carbocycles. The summed E-state index contributed by atoms with van der Waals surface area (Å²) in [6.45, 7) is 1.15. The van der Waals surface area contributed by atoms with Gasteiger partial charge in [0.25, 0.3) is 0 Å². The van der Waals surface area contributed by atoms with Crippen molar-refractivity contribution < 1.29 is 34.4 Å². The first-order valence-electron chi connectivity index (χ1n) is 11.9. The molecule has 2 aliphatic carbocycles. The second-order valence-corrected chi connectivity index (χ2v) is 9.26. The number of hydrogen-bond donors (Lipinski definition) is 3. The monoisotopic (exact) mass is 448 g/mol. The molecule has 0 unspecified atom stereocenters. The molecule has 0 radical (unpaired) electrons. The number of carbonyl (C=O) groups excluding carboxylic acids is 1. The highest BCUT2D eigenvalue weighted by atomic mass is 16.6. The van der Waals surface area contributed by atoms with E-state index in [9.17, 15) is 19.8 Å². The Bertz CT molecular complexity index is 778. The SMILES string of the molecule is CCCCC[C@H](O)CC[C@@H]1[C@H]2Cc3cccc(OCC(=O)OCC(=O)O)c3C[C@H]2C[C@H]1O. The minimum atomic E-state index is -1.20. The molecule has 0 heterocycles. The van der Waals surface area contributed by atoms with Gasteiger partial charge in [0.05, 0.1) is 12.2 Å². The fraction of sp³-hybridized carbons (Fsp3) is 0.680. The first kappa shape index (κ1) is 24.5. The van der Waals surface area contributed by atoms with Gasteiger partial charge in [-0.3, -0.25) is 0 Å². The summed E-state index contributed by atoms with van der Waals surface area (Å²) < 4.78 is 10.3. The molecule has 0 bridgehead atoms. The Morgan fingerprint density at radius 1 is 1.16 bits per heavy atom. The molecule has 0 saturated heterocycles. The van der Waals surface area contributed by atoms with E-state index in [4.69, 9.17) is 9.84 Å². The Labute approximate surface area is 189 Å². The number of aliphatic carboxylic acids is 1. The van der Waals surface area contributed by atoms with E-state index in [-0.39, 0.29) is 24.7 Å². The number of carboxylic acids is 1. The molecule has 1 saturated carbocycles. The second-order valence-electron chi connectivity index (χ2n) is 9.26. The molecule has 178 valence electrons. The third kappa shape index (κ3) is 6.45. The maximum atomic E-state index is 11.7. The topological polar surface area (TPSA) is 113 Å². The van der Waals surface area contributed by atoms with Crippen molar-refractivity contribution in [2.45, 2.75) is 76.9 Å². The number of aliphatic hydroxyl groups is 2. The van der Waals surface area contributed by atoms with E-state index in [0.717, 1.165) is 63.4 Å². The number of aliphatic hydroxyl groups excluding tert-OH is 2. The Morgan fingerprint density at radius 2 is 1.97 bits per heavy atom. The van der Waals surface area contributed by atoms with Crippen LogP contribution in [0.1, 0.15) is 63.0 Å². The second kappa shape index (κ2) is 11.7. The molecule has 1 aromatic rings. The maximum Gasteiger partial charge on any atom is 0.344 e. The van der Waals surface area contributed by atoms with Crippen LogP contribution in [0.25, 0.3) is 0 Å². The standard InChI is InChI=1S/C25H36O7/c1-2-3-4-7-18(26)9-10-19-20-11-16-6-5-8-23(21(16)12-17(20)13-22(19)27)31-15-25(30)32-14-24(28)29/h5-6,8,17-20,22,26-27H,2-4,7,9-15H2,1H3,(H,28,29)/t17-,18-,19+,20-,22+/m0/s1. The number of unbranched alkanes of at least 4 members (excludes halogenated alkanes) is 2. The zero-order valence-corrected chi connectivity index (χ0v) is 18.9. The van der Waals surface area contributed by atoms with Gasteiger partial charge >= 0.3 is 11.9 Å². The molecule has 32 heavy (non-hydrogen) atoms. The molecule has 1 fully saturated rings. The van der Waals surface area contributed by atoms with Crippen LogP contribution in [0.4, 0.5) is 0 Å². The number of benzene rings is 1. The van der Waals surface area contributed by atoms with Gasteiger partial charge in [0.1, 0.15) is 5.75 Å². The fourth-order valence-electron chi connectivity index (χ4n) is 5.42. The van der Waals surface area contributed by atoms with Crippen molar-refractivity contribution >= 4 is 11.9 Å². The van der Waals surface area contributed by atoms with Gasteiger partial charge in [-0.2, -0.15) is 0 Å². The number of hydrogen-bond acceptors (Lipinski definition) is 6. The van der Waals surface area contributed by atoms with Crippen molar-refractivity contribution in [3.05, 3.63) is 29.3 Å². The molecule has 7 nitrogen and oxygen atoms in total. The van der Waals surface area contributed by atoms with Crippen LogP contribution in [0, 0.1) is 17.8 Å². The Kier molecular flexibility index (Phi) is 8.93. The van der Waals surface area contributed by atoms with Crippen molar-refractivity contribution in [3.63, 3.8) is 0 Å². The molecule has 5 atom stereocenters. The lowest BCUT2D eigenvalue weighted by atomic mass is 9.73. The summed E-state index contributed by atoms with van der Waals surface area (Å²) in [5.74, 6) is -0.363. The van der Waals surface area contributed by atoms with Crippen molar-refractivity contribution in [2.24, 2.45) is 17.8 Å². The number of esters is 1. The highest BCUT2D eigenvalue weighted by Gasteiger charge is 2.44. The number of carbonyl (C=O) groups is 2. The van der Waals surface area contributed by atoms with Crippen LogP contribution in [0.3, 0.4) is 0 Å². The van der Waals surface area contributed by atoms with E-state index in [1.807, 2.05) is 12.1 Å². The van der Waals surface area contributed by atoms with Crippen LogP contribution in [-0.4, -0.2) is 52.7 Å². The first-order chi connectivity index (χ1) is 15.4. The van der Waals surface area contributed by atoms with E-state index < -0.39 is 18.5 Å². The van der Waals surface area contributed by atoms with Crippen LogP contribution in [-0.2, 0) is 27.2 Å². The Balaban J connectivity index is 1.58. The normalized spacial score (nSPS) is 25.0. The van der Waals surface area contributed by atoms with Gasteiger partial charge in [-0.1, -0.05) is 38.3 Å². The molecule has 0 aliphatic heterocycles. The van der Waals surface area contributed by atoms with Gasteiger partial charge in [-0.05, 0) is 73.5 Å². The lowest BCUT2D eigenvalue weighted by Gasteiger charge is -2.32. The third-order valence-electron chi connectivity index (χ3n) is 7.02. The van der Waals surface area contributed by atoms with Crippen LogP contribution in [0.5, 0.6) is 5.75 Å². The van der Waals surface area contributed by atoms with Crippen molar-refractivity contribution in [2.75, 3.05) is 13.2 Å². The smallest absolute Gasteiger partial charge is 0.344 e. The minimum Gasteiger partial charge on any atom is -0.482 e. The van der Waals surface area contributed by atoms with Gasteiger partial charge in [-0.25, -0.2) is 9.59 Å². The van der Waals surface area contributed by atoms with Crippen LogP contribution < -0.4 is 4.74 Å². The Hall–Kier alpha value is -2.12. The Morgan fingerprint density at radius 3 is 2.72 bits per heavy atom. The zero-order valence-electron chi connectivity index (χ0n) is 18.9. The summed E-state index contributed by atoms with van der Waals surface area (Å²) in [6.07, 6.45) is 7.51. The molecular weight excluding hydrogens is 412 g/mol. The van der Waals surface area contributed by atoms with Crippen molar-refractivity contribution in [3.8, 4) is 5.75 Å². The number of carboxylic acid groups (broad SMARTS) is 1. The average Bonchev–Trinajstić information content (AvgIpc) is 3.07. The minimum absolute atomic E-state index is 0.199. The van der Waals surface area contributed by atoms with E-state index in [1.165, 1.54) is 5.56 Å². The van der Waals surface area contributed by atoms with Crippen LogP contribution >= 0.6 is 0 Å². The van der Waals surface area contributed by atoms with E-state index in [2.05, 4.69) is 17.7 Å². The predicted molar refractivity (Wildman–Crippen MR) is 118 cm³/mol. The van der Waals surface area contributed by atoms with Crippen molar-refractivity contribution in [1.82, 2.24) is 0 Å². The summed E-state index contributed by atoms with van der Waals surface area (Å²) in [7, 11) is 0. The van der Waals surface area contributed by atoms with Gasteiger partial charge in [-0.15, -0.1) is 0 Å². The summed E-state index contributed by atoms with van der Waals surface area (Å²) in [4.78, 5) is 22.2. The first-order valence-corrected chi connectivity index (χ1v) is 11.9. The van der Waals surface area contributed by atoms with Gasteiger partial charge in [0.2, 0.25) is 0 Å². The van der Waals surface area contributed by atoms with Crippen molar-refractivity contribution in [1.29, 1.82) is 0 Å². The average molecular weight is 449 g/mol. The van der Waals surface area contributed by atoms with Crippen LogP contribution in [0.2, 0.25) is 0 Å². The molecule has 0 spiro atoms. The summed E-state index contributed by atoms with van der Waals surface area (Å²) in [6, 6.07) is 5.79. The maximum absolute atomic E-state index is 11.7. The lowest BCUT2D eigenvalue weighted by Crippen LogP contribution is -2.28. The fourth-order valence-corrected chi connectivity index (χ4v) is 5.42. The van der Waals surface area contributed by atoms with Gasteiger partial charge in [0.15, 0.2) is 13.2 Å². The summed E-state index contributed by atoms with van der Waals surface area (Å²) >= 11 is 0. The van der Waals surface area contributed by atoms with Crippen LogP contribution in [0.15, 0.2) is 18.2 Å². The van der Waals surface area contributed by atoms with Gasteiger partial charge in [0, 0.05) is 0 Å². The molecule has 0 aromatic heterocycles. The summed E-state index contributed by atoms with van der Waals surface area (Å²) in [5, 5.41) is 29.7. The molecule has 2 aliphatic rings. The quantitative estimate of drug-likeness (QED) is 0.333. The van der Waals surface area contributed by atoms with E-state index in [1.54, 1.807) is 0 Å². The molecule has 0 amide bonds.